The van der Waals surface area contributed by atoms with Crippen molar-refractivity contribution in [1.82, 2.24) is 9.21 Å². The minimum Gasteiger partial charge on any atom is -0.496 e. The molecule has 1 fully saturated rings. The molecule has 1 saturated heterocycles. The lowest BCUT2D eigenvalue weighted by atomic mass is 10.0. The van der Waals surface area contributed by atoms with Gasteiger partial charge < -0.3 is 20.5 Å². The number of methoxy groups -OCH3 is 1. The first kappa shape index (κ1) is 26.3. The molecule has 0 aliphatic carbocycles. The zero-order chi connectivity index (χ0) is 25.7. The number of hydrogen-bond donors (Lipinski definition) is 2. The highest BCUT2D eigenvalue weighted by Gasteiger charge is 2.23. The molecular weight excluding hydrogens is 472 g/mol. The summed E-state index contributed by atoms with van der Waals surface area (Å²) in [5, 5.41) is 9.89. The van der Waals surface area contributed by atoms with Crippen LogP contribution < -0.4 is 10.5 Å². The lowest BCUT2D eigenvalue weighted by Crippen LogP contribution is -2.34. The average molecular weight is 509 g/mol. The minimum absolute atomic E-state index is 0.0395. The van der Waals surface area contributed by atoms with Crippen LogP contribution in [-0.2, 0) is 4.79 Å². The molecule has 4 rings (SSSR count). The van der Waals surface area contributed by atoms with Gasteiger partial charge in [0.2, 0.25) is 5.91 Å². The SMILES string of the molecule is CCCN(CCC)C(=O)C1=Cc2ccc(-c3ccc(OC)c(SN4CCC(O)C4)c3)cc2N=C(N)C1. The number of rotatable bonds is 9. The largest absolute Gasteiger partial charge is 0.496 e. The van der Waals surface area contributed by atoms with E-state index >= 15 is 0 Å². The van der Waals surface area contributed by atoms with Crippen LogP contribution in [0.25, 0.3) is 17.2 Å². The summed E-state index contributed by atoms with van der Waals surface area (Å²) in [5.41, 5.74) is 10.7. The molecule has 0 saturated carbocycles. The van der Waals surface area contributed by atoms with Gasteiger partial charge in [0.15, 0.2) is 0 Å². The summed E-state index contributed by atoms with van der Waals surface area (Å²) in [6.07, 6.45) is 4.63. The van der Waals surface area contributed by atoms with E-state index in [-0.39, 0.29) is 12.0 Å². The van der Waals surface area contributed by atoms with Crippen molar-refractivity contribution >= 4 is 35.5 Å². The minimum atomic E-state index is -0.277. The molecule has 0 bridgehead atoms. The Hall–Kier alpha value is -2.81. The van der Waals surface area contributed by atoms with Gasteiger partial charge >= 0.3 is 0 Å². The highest BCUT2D eigenvalue weighted by molar-refractivity contribution is 7.97. The fourth-order valence-corrected chi connectivity index (χ4v) is 5.77. The van der Waals surface area contributed by atoms with Crippen LogP contribution in [0.5, 0.6) is 5.75 Å². The van der Waals surface area contributed by atoms with Crippen molar-refractivity contribution in [2.45, 2.75) is 50.5 Å². The first-order valence-electron chi connectivity index (χ1n) is 12.7. The number of carbonyl (C=O) groups excluding carboxylic acids is 1. The van der Waals surface area contributed by atoms with E-state index in [4.69, 9.17) is 10.5 Å². The Morgan fingerprint density at radius 3 is 2.58 bits per heavy atom. The number of amides is 1. The predicted octanol–water partition coefficient (Wildman–Crippen LogP) is 4.86. The van der Waals surface area contributed by atoms with Gasteiger partial charge in [0, 0.05) is 43.7 Å². The molecule has 0 radical (unpaired) electrons. The number of aliphatic hydroxyl groups is 1. The number of hydrogen-bond acceptors (Lipinski definition) is 7. The predicted molar refractivity (Wildman–Crippen MR) is 148 cm³/mol. The Kier molecular flexibility index (Phi) is 8.72. The molecule has 1 amide bonds. The van der Waals surface area contributed by atoms with Crippen LogP contribution >= 0.6 is 11.9 Å². The molecule has 1 atom stereocenters. The third-order valence-corrected chi connectivity index (χ3v) is 7.50. The first-order valence-corrected chi connectivity index (χ1v) is 13.5. The molecule has 2 heterocycles. The summed E-state index contributed by atoms with van der Waals surface area (Å²) in [5.74, 6) is 1.28. The Morgan fingerprint density at radius 1 is 1.19 bits per heavy atom. The van der Waals surface area contributed by atoms with Crippen LogP contribution in [0, 0.1) is 0 Å². The first-order chi connectivity index (χ1) is 17.4. The van der Waals surface area contributed by atoms with Gasteiger partial charge in [-0.25, -0.2) is 9.30 Å². The van der Waals surface area contributed by atoms with Crippen LogP contribution in [0.4, 0.5) is 5.69 Å². The summed E-state index contributed by atoms with van der Waals surface area (Å²) in [4.78, 5) is 20.8. The molecule has 0 aromatic heterocycles. The molecule has 7 nitrogen and oxygen atoms in total. The fraction of sp³-hybridized carbons (Fsp3) is 0.429. The standard InChI is InChI=1S/C28H36N4O3S/c1-4-11-31(12-5-2)28(34)22-14-21-7-6-19(15-24(21)30-27(29)17-22)20-8-9-25(35-3)26(16-20)36-32-13-10-23(33)18-32/h6-9,14-16,23,33H,4-5,10-13,17-18H2,1-3H3,(H2,29,30). The number of β-amino-alcohol motifs (C(OH)–C–C–N with tert-alkyl or cyclic N) is 1. The van der Waals surface area contributed by atoms with Gasteiger partial charge in [-0.3, -0.25) is 4.79 Å². The summed E-state index contributed by atoms with van der Waals surface area (Å²) in [7, 11) is 1.67. The number of nitrogens with two attached hydrogens (primary N) is 1. The third-order valence-electron chi connectivity index (χ3n) is 6.40. The van der Waals surface area contributed by atoms with Crippen LogP contribution in [0.3, 0.4) is 0 Å². The van der Waals surface area contributed by atoms with E-state index in [2.05, 4.69) is 35.3 Å². The summed E-state index contributed by atoms with van der Waals surface area (Å²) in [6, 6.07) is 12.2. The van der Waals surface area contributed by atoms with E-state index in [0.29, 0.717) is 24.4 Å². The number of amidine groups is 1. The number of carbonyl (C=O) groups is 1. The topological polar surface area (TPSA) is 91.4 Å². The third kappa shape index (κ3) is 6.11. The lowest BCUT2D eigenvalue weighted by Gasteiger charge is -2.22. The molecular formula is C28H36N4O3S. The van der Waals surface area contributed by atoms with Gasteiger partial charge in [-0.1, -0.05) is 32.0 Å². The maximum Gasteiger partial charge on any atom is 0.250 e. The molecule has 3 N–H and O–H groups in total. The molecule has 36 heavy (non-hydrogen) atoms. The van der Waals surface area contributed by atoms with Crippen molar-refractivity contribution in [2.24, 2.45) is 10.7 Å². The van der Waals surface area contributed by atoms with Gasteiger partial charge in [0.25, 0.3) is 0 Å². The van der Waals surface area contributed by atoms with Crippen LogP contribution in [0.1, 0.15) is 45.1 Å². The zero-order valence-corrected chi connectivity index (χ0v) is 22.2. The van der Waals surface area contributed by atoms with E-state index in [0.717, 1.165) is 71.9 Å². The van der Waals surface area contributed by atoms with E-state index < -0.39 is 0 Å². The number of benzene rings is 2. The van der Waals surface area contributed by atoms with Gasteiger partial charge in [-0.2, -0.15) is 0 Å². The maximum absolute atomic E-state index is 13.2. The molecule has 1 unspecified atom stereocenters. The van der Waals surface area contributed by atoms with Crippen molar-refractivity contribution in [2.75, 3.05) is 33.3 Å². The van der Waals surface area contributed by atoms with Gasteiger partial charge in [0.05, 0.1) is 23.8 Å². The number of aliphatic hydroxyl groups excluding tert-OH is 1. The van der Waals surface area contributed by atoms with Crippen molar-refractivity contribution in [3.05, 3.63) is 47.5 Å². The molecule has 2 aromatic carbocycles. The van der Waals surface area contributed by atoms with E-state index in [1.54, 1.807) is 19.1 Å². The van der Waals surface area contributed by atoms with Crippen molar-refractivity contribution in [3.63, 3.8) is 0 Å². The van der Waals surface area contributed by atoms with Crippen LogP contribution in [0.2, 0.25) is 0 Å². The number of ether oxygens (including phenoxy) is 1. The number of aliphatic imine (C=N–C) groups is 1. The van der Waals surface area contributed by atoms with Crippen molar-refractivity contribution in [3.8, 4) is 16.9 Å². The zero-order valence-electron chi connectivity index (χ0n) is 21.4. The number of nitrogens with zero attached hydrogens (tertiary/aromatic N) is 3. The van der Waals surface area contributed by atoms with Gasteiger partial charge in [0.1, 0.15) is 11.6 Å². The molecule has 8 heteroatoms. The molecule has 2 aliphatic rings. The highest BCUT2D eigenvalue weighted by atomic mass is 32.2. The maximum atomic E-state index is 13.2. The highest BCUT2D eigenvalue weighted by Crippen LogP contribution is 2.38. The second kappa shape index (κ2) is 12.0. The normalized spacial score (nSPS) is 17.7. The fourth-order valence-electron chi connectivity index (χ4n) is 4.63. The summed E-state index contributed by atoms with van der Waals surface area (Å²) in [6.45, 7) is 7.13. The Bertz CT molecular complexity index is 1160. The Morgan fingerprint density at radius 2 is 1.92 bits per heavy atom. The molecule has 0 spiro atoms. The van der Waals surface area contributed by atoms with Crippen molar-refractivity contribution < 1.29 is 14.6 Å². The Balaban J connectivity index is 1.64. The Labute approximate surface area is 218 Å². The van der Waals surface area contributed by atoms with Crippen LogP contribution in [-0.4, -0.2) is 65.4 Å². The summed E-state index contributed by atoms with van der Waals surface area (Å²) < 4.78 is 7.76. The van der Waals surface area contributed by atoms with Gasteiger partial charge in [-0.15, -0.1) is 0 Å². The van der Waals surface area contributed by atoms with E-state index in [1.165, 1.54) is 0 Å². The monoisotopic (exact) mass is 508 g/mol. The quantitative estimate of drug-likeness (QED) is 0.470. The second-order valence-electron chi connectivity index (χ2n) is 9.30. The smallest absolute Gasteiger partial charge is 0.250 e. The number of fused-ring (bicyclic) bond motifs is 1. The van der Waals surface area contributed by atoms with Crippen molar-refractivity contribution in [1.29, 1.82) is 0 Å². The lowest BCUT2D eigenvalue weighted by molar-refractivity contribution is -0.127. The molecule has 192 valence electrons. The molecule has 2 aliphatic heterocycles. The second-order valence-corrected chi connectivity index (χ2v) is 10.4. The van der Waals surface area contributed by atoms with Gasteiger partial charge in [-0.05, 0) is 66.6 Å². The molecule has 2 aromatic rings. The van der Waals surface area contributed by atoms with E-state index in [9.17, 15) is 9.90 Å². The van der Waals surface area contributed by atoms with E-state index in [1.807, 2.05) is 35.2 Å². The van der Waals surface area contributed by atoms with Crippen LogP contribution in [0.15, 0.2) is 51.9 Å². The average Bonchev–Trinajstić information content (AvgIpc) is 3.19. The summed E-state index contributed by atoms with van der Waals surface area (Å²) >= 11 is 1.61.